The fourth-order valence-corrected chi connectivity index (χ4v) is 4.48. The summed E-state index contributed by atoms with van der Waals surface area (Å²) < 4.78 is 27.0. The lowest BCUT2D eigenvalue weighted by Crippen LogP contribution is -2.50. The Labute approximate surface area is 166 Å². The predicted octanol–water partition coefficient (Wildman–Crippen LogP) is 4.34. The first kappa shape index (κ1) is 21.2. The molecular weight excluding hydrogens is 358 g/mol. The molecule has 1 saturated carbocycles. The van der Waals surface area contributed by atoms with Gasteiger partial charge in [-0.05, 0) is 43.9 Å². The molecule has 0 spiro atoms. The number of hydrogen-bond acceptors (Lipinski definition) is 3. The average molecular weight is 391 g/mol. The van der Waals surface area contributed by atoms with Gasteiger partial charge >= 0.3 is 0 Å². The van der Waals surface area contributed by atoms with E-state index in [9.17, 15) is 13.9 Å². The number of nitrogens with two attached hydrogens (primary N) is 1. The number of halogens is 2. The summed E-state index contributed by atoms with van der Waals surface area (Å²) in [5.41, 5.74) is 9.12. The number of allylic oxidation sites excluding steroid dienone is 3. The Kier molecular flexibility index (Phi) is 7.02. The van der Waals surface area contributed by atoms with E-state index in [2.05, 4.69) is 36.5 Å². The lowest BCUT2D eigenvalue weighted by atomic mass is 9.76. The molecule has 2 aliphatic rings. The van der Waals surface area contributed by atoms with Gasteiger partial charge in [-0.15, -0.1) is 0 Å². The van der Waals surface area contributed by atoms with E-state index in [-0.39, 0.29) is 12.0 Å². The third-order valence-corrected chi connectivity index (χ3v) is 6.06. The van der Waals surface area contributed by atoms with Gasteiger partial charge in [0.05, 0.1) is 6.10 Å². The van der Waals surface area contributed by atoms with E-state index < -0.39 is 24.1 Å². The monoisotopic (exact) mass is 390 g/mol. The van der Waals surface area contributed by atoms with Gasteiger partial charge in [-0.2, -0.15) is 0 Å². The molecule has 4 N–H and O–H groups in total. The smallest absolute Gasteiger partial charge is 0.125 e. The molecule has 5 heteroatoms. The standard InChI is InChI=1S/C23H32F2N2O/c1-16-6-5-7-18(10-16)23(8-3-2-4-9-23)27-15-22(28)21(26)13-17-11-19(24)14-20(25)12-17/h5-7,10-11,14,20-22,27-28H,2-4,8-9,12-13,15,26H2,1H3/t20?,21-,22+/m0/s1. The second-order valence-corrected chi connectivity index (χ2v) is 8.40. The fourth-order valence-electron chi connectivity index (χ4n) is 4.48. The summed E-state index contributed by atoms with van der Waals surface area (Å²) in [5.74, 6) is -0.561. The van der Waals surface area contributed by atoms with E-state index in [4.69, 9.17) is 5.73 Å². The minimum atomic E-state index is -1.31. The highest BCUT2D eigenvalue weighted by Gasteiger charge is 2.34. The number of alkyl halides is 1. The zero-order valence-corrected chi connectivity index (χ0v) is 16.6. The van der Waals surface area contributed by atoms with Crippen LogP contribution in [0.5, 0.6) is 0 Å². The van der Waals surface area contributed by atoms with E-state index in [1.807, 2.05) is 0 Å². The number of aliphatic hydroxyl groups is 1. The van der Waals surface area contributed by atoms with Crippen LogP contribution in [-0.2, 0) is 5.54 Å². The predicted molar refractivity (Wildman–Crippen MR) is 109 cm³/mol. The highest BCUT2D eigenvalue weighted by Crippen LogP contribution is 2.37. The Hall–Kier alpha value is -1.56. The van der Waals surface area contributed by atoms with Gasteiger partial charge in [-0.3, -0.25) is 0 Å². The number of aliphatic hydroxyl groups excluding tert-OH is 1. The minimum absolute atomic E-state index is 0.145. The zero-order valence-electron chi connectivity index (χ0n) is 16.6. The quantitative estimate of drug-likeness (QED) is 0.649. The largest absolute Gasteiger partial charge is 0.390 e. The summed E-state index contributed by atoms with van der Waals surface area (Å²) in [6.45, 7) is 2.45. The van der Waals surface area contributed by atoms with Crippen molar-refractivity contribution in [2.75, 3.05) is 6.54 Å². The third kappa shape index (κ3) is 5.28. The highest BCUT2D eigenvalue weighted by atomic mass is 19.1. The maximum atomic E-state index is 13.5. The van der Waals surface area contributed by atoms with Crippen molar-refractivity contribution < 1.29 is 13.9 Å². The van der Waals surface area contributed by atoms with Crippen molar-refractivity contribution in [3.63, 3.8) is 0 Å². The van der Waals surface area contributed by atoms with Crippen molar-refractivity contribution in [3.8, 4) is 0 Å². The minimum Gasteiger partial charge on any atom is -0.390 e. The number of nitrogens with one attached hydrogen (secondary N) is 1. The van der Waals surface area contributed by atoms with Gasteiger partial charge in [-0.25, -0.2) is 8.78 Å². The first-order chi connectivity index (χ1) is 13.4. The van der Waals surface area contributed by atoms with E-state index in [1.165, 1.54) is 23.6 Å². The molecule has 1 fully saturated rings. The molecule has 154 valence electrons. The fraction of sp³-hybridized carbons (Fsp3) is 0.565. The molecule has 0 amide bonds. The summed E-state index contributed by atoms with van der Waals surface area (Å²) in [6, 6.07) is 7.98. The Morgan fingerprint density at radius 1 is 1.29 bits per heavy atom. The van der Waals surface area contributed by atoms with Crippen LogP contribution >= 0.6 is 0 Å². The van der Waals surface area contributed by atoms with Crippen LogP contribution in [-0.4, -0.2) is 30.0 Å². The summed E-state index contributed by atoms with van der Waals surface area (Å²) in [7, 11) is 0. The Balaban J connectivity index is 1.63. The van der Waals surface area contributed by atoms with Crippen LogP contribution in [0.2, 0.25) is 0 Å². The normalized spacial score (nSPS) is 24.2. The molecule has 3 atom stereocenters. The van der Waals surface area contributed by atoms with Gasteiger partial charge < -0.3 is 16.2 Å². The molecule has 3 nitrogen and oxygen atoms in total. The lowest BCUT2D eigenvalue weighted by molar-refractivity contribution is 0.116. The number of benzene rings is 1. The van der Waals surface area contributed by atoms with Crippen LogP contribution in [0, 0.1) is 6.92 Å². The summed E-state index contributed by atoms with van der Waals surface area (Å²) in [5, 5.41) is 14.2. The first-order valence-corrected chi connectivity index (χ1v) is 10.3. The first-order valence-electron chi connectivity index (χ1n) is 10.3. The molecular formula is C23H32F2N2O. The Morgan fingerprint density at radius 3 is 2.71 bits per heavy atom. The Morgan fingerprint density at radius 2 is 2.04 bits per heavy atom. The van der Waals surface area contributed by atoms with Crippen molar-refractivity contribution in [2.45, 2.75) is 75.7 Å². The van der Waals surface area contributed by atoms with Crippen molar-refractivity contribution in [3.05, 3.63) is 58.9 Å². The molecule has 1 aromatic rings. The van der Waals surface area contributed by atoms with Crippen molar-refractivity contribution in [2.24, 2.45) is 5.73 Å². The summed E-state index contributed by atoms with van der Waals surface area (Å²) in [4.78, 5) is 0. The molecule has 1 aromatic carbocycles. The van der Waals surface area contributed by atoms with Crippen LogP contribution in [0.4, 0.5) is 8.78 Å². The van der Waals surface area contributed by atoms with Gasteiger partial charge in [0.25, 0.3) is 0 Å². The lowest BCUT2D eigenvalue weighted by Gasteiger charge is -2.40. The van der Waals surface area contributed by atoms with E-state index in [0.29, 0.717) is 18.5 Å². The van der Waals surface area contributed by atoms with Crippen LogP contribution in [0.15, 0.2) is 47.8 Å². The molecule has 28 heavy (non-hydrogen) atoms. The topological polar surface area (TPSA) is 58.3 Å². The maximum absolute atomic E-state index is 13.5. The van der Waals surface area contributed by atoms with Crippen LogP contribution < -0.4 is 11.1 Å². The molecule has 0 bridgehead atoms. The van der Waals surface area contributed by atoms with Crippen molar-refractivity contribution in [1.82, 2.24) is 5.32 Å². The van der Waals surface area contributed by atoms with Gasteiger partial charge in [0.1, 0.15) is 12.0 Å². The van der Waals surface area contributed by atoms with Crippen LogP contribution in [0.3, 0.4) is 0 Å². The second-order valence-electron chi connectivity index (χ2n) is 8.40. The molecule has 0 radical (unpaired) electrons. The van der Waals surface area contributed by atoms with Gasteiger partial charge in [0.15, 0.2) is 0 Å². The van der Waals surface area contributed by atoms with Crippen molar-refractivity contribution >= 4 is 0 Å². The van der Waals surface area contributed by atoms with E-state index >= 15 is 0 Å². The average Bonchev–Trinajstić information content (AvgIpc) is 2.66. The summed E-state index contributed by atoms with van der Waals surface area (Å²) in [6.07, 6.45) is 6.26. The van der Waals surface area contributed by atoms with Crippen molar-refractivity contribution in [1.29, 1.82) is 0 Å². The number of hydrogen-bond donors (Lipinski definition) is 3. The second kappa shape index (κ2) is 9.29. The van der Waals surface area contributed by atoms with Gasteiger partial charge in [0, 0.05) is 24.5 Å². The molecule has 2 aliphatic carbocycles. The highest BCUT2D eigenvalue weighted by molar-refractivity contribution is 5.30. The number of aryl methyl sites for hydroxylation is 1. The summed E-state index contributed by atoms with van der Waals surface area (Å²) >= 11 is 0. The maximum Gasteiger partial charge on any atom is 0.125 e. The Bertz CT molecular complexity index is 725. The third-order valence-electron chi connectivity index (χ3n) is 6.06. The van der Waals surface area contributed by atoms with Crippen LogP contribution in [0.1, 0.15) is 56.1 Å². The van der Waals surface area contributed by atoms with E-state index in [1.54, 1.807) is 0 Å². The molecule has 0 aliphatic heterocycles. The van der Waals surface area contributed by atoms with Gasteiger partial charge in [-0.1, -0.05) is 54.7 Å². The molecule has 0 aromatic heterocycles. The van der Waals surface area contributed by atoms with Crippen LogP contribution in [0.25, 0.3) is 0 Å². The van der Waals surface area contributed by atoms with E-state index in [0.717, 1.165) is 31.8 Å². The molecule has 0 saturated heterocycles. The van der Waals surface area contributed by atoms with Gasteiger partial charge in [0.2, 0.25) is 0 Å². The SMILES string of the molecule is Cc1cccc(C2(NC[C@@H](O)[C@@H](N)CC3=CC(F)=CC(F)C3)CCCCC2)c1. The molecule has 1 unspecified atom stereocenters. The molecule has 3 rings (SSSR count). The molecule has 0 heterocycles. The zero-order chi connectivity index (χ0) is 20.1. The number of rotatable bonds is 7.